The molecule has 2 saturated heterocycles. The molecule has 0 unspecified atom stereocenters. The molecule has 0 N–H and O–H groups in total. The summed E-state index contributed by atoms with van der Waals surface area (Å²) in [6.45, 7) is 6.99. The summed E-state index contributed by atoms with van der Waals surface area (Å²) in [4.78, 5) is 23.4. The second-order valence-corrected chi connectivity index (χ2v) is 9.36. The van der Waals surface area contributed by atoms with E-state index in [9.17, 15) is 9.59 Å². The van der Waals surface area contributed by atoms with Gasteiger partial charge in [0.25, 0.3) is 0 Å². The SMILES string of the molecule is COC(=O)/C=C/C=C/C=C/C=C\C(=O)O[C@@H]1CC[C@@]2(CO2)[C@@H]([C@]2(C)O[C@@H]2CC=C(C)C)[C@@H]1OC. The molecule has 0 aromatic heterocycles. The summed E-state index contributed by atoms with van der Waals surface area (Å²) in [6.07, 6.45) is 16.8. The fourth-order valence-corrected chi connectivity index (χ4v) is 4.85. The van der Waals surface area contributed by atoms with Gasteiger partial charge in [-0.05, 0) is 40.0 Å². The van der Waals surface area contributed by atoms with Gasteiger partial charge in [0.1, 0.15) is 23.4 Å². The van der Waals surface area contributed by atoms with Crippen molar-refractivity contribution in [2.45, 2.75) is 69.5 Å². The summed E-state index contributed by atoms with van der Waals surface area (Å²) in [5.41, 5.74) is 0.662. The molecule has 7 heteroatoms. The van der Waals surface area contributed by atoms with Gasteiger partial charge in [-0.3, -0.25) is 0 Å². The van der Waals surface area contributed by atoms with Crippen LogP contribution in [0.1, 0.15) is 40.0 Å². The number of methoxy groups -OCH3 is 2. The van der Waals surface area contributed by atoms with Gasteiger partial charge in [-0.25, -0.2) is 9.59 Å². The Bertz CT molecular complexity index is 889. The molecule has 186 valence electrons. The lowest BCUT2D eigenvalue weighted by Crippen LogP contribution is -2.55. The van der Waals surface area contributed by atoms with Crippen molar-refractivity contribution in [3.63, 3.8) is 0 Å². The molecule has 1 aliphatic carbocycles. The molecule has 6 atom stereocenters. The van der Waals surface area contributed by atoms with E-state index in [4.69, 9.17) is 18.9 Å². The third-order valence-corrected chi connectivity index (χ3v) is 6.73. The van der Waals surface area contributed by atoms with E-state index >= 15 is 0 Å². The number of carbonyl (C=O) groups excluding carboxylic acids is 2. The van der Waals surface area contributed by atoms with Gasteiger partial charge in [-0.15, -0.1) is 0 Å². The summed E-state index contributed by atoms with van der Waals surface area (Å²) in [5, 5.41) is 0. The van der Waals surface area contributed by atoms with Gasteiger partial charge >= 0.3 is 11.9 Å². The van der Waals surface area contributed by atoms with Gasteiger partial charge in [-0.2, -0.15) is 0 Å². The molecule has 3 rings (SSSR count). The molecule has 0 radical (unpaired) electrons. The Kier molecular flexibility index (Phi) is 8.68. The smallest absolute Gasteiger partial charge is 0.331 e. The molecule has 0 aromatic carbocycles. The predicted octanol–water partition coefficient (Wildman–Crippen LogP) is 4.00. The van der Waals surface area contributed by atoms with Crippen LogP contribution in [0.25, 0.3) is 0 Å². The van der Waals surface area contributed by atoms with Gasteiger partial charge in [-0.1, -0.05) is 48.1 Å². The molecule has 2 aliphatic heterocycles. The largest absolute Gasteiger partial charge is 0.466 e. The standard InChI is InChI=1S/C27H36O7/c1-19(2)14-15-21-26(3,34-21)25-24(31-5)20(16-17-27(25)18-32-27)33-23(29)13-11-9-7-6-8-10-12-22(28)30-4/h6-14,20-21,24-25H,15-18H2,1-5H3/b8-6+,9-7+,12-10+,13-11-/t20-,21-,24-,25-,26-,27-/m1/s1. The van der Waals surface area contributed by atoms with E-state index in [1.807, 2.05) is 0 Å². The number of ether oxygens (including phenoxy) is 5. The maximum absolute atomic E-state index is 12.5. The lowest BCUT2D eigenvalue weighted by molar-refractivity contribution is -0.166. The fraction of sp³-hybridized carbons (Fsp3) is 0.556. The maximum atomic E-state index is 12.5. The summed E-state index contributed by atoms with van der Waals surface area (Å²) < 4.78 is 28.3. The minimum Gasteiger partial charge on any atom is -0.466 e. The quantitative estimate of drug-likeness (QED) is 0.156. The number of allylic oxidation sites excluding steroid dienone is 7. The molecule has 7 nitrogen and oxygen atoms in total. The van der Waals surface area contributed by atoms with Crippen LogP contribution < -0.4 is 0 Å². The van der Waals surface area contributed by atoms with Crippen molar-refractivity contribution in [3.05, 3.63) is 60.3 Å². The summed E-state index contributed by atoms with van der Waals surface area (Å²) in [6, 6.07) is 0. The second kappa shape index (κ2) is 11.3. The van der Waals surface area contributed by atoms with Crippen LogP contribution in [0.4, 0.5) is 0 Å². The molecular weight excluding hydrogens is 436 g/mol. The first-order valence-corrected chi connectivity index (χ1v) is 11.7. The van der Waals surface area contributed by atoms with E-state index in [-0.39, 0.29) is 35.4 Å². The Morgan fingerprint density at radius 1 is 1.00 bits per heavy atom. The highest BCUT2D eigenvalue weighted by Crippen LogP contribution is 2.59. The molecule has 34 heavy (non-hydrogen) atoms. The molecule has 3 fully saturated rings. The molecule has 2 heterocycles. The van der Waals surface area contributed by atoms with Gasteiger partial charge in [0.15, 0.2) is 0 Å². The van der Waals surface area contributed by atoms with Crippen LogP contribution in [0.3, 0.4) is 0 Å². The normalized spacial score (nSPS) is 34.9. The number of carbonyl (C=O) groups is 2. The topological polar surface area (TPSA) is 86.9 Å². The van der Waals surface area contributed by atoms with E-state index in [1.54, 1.807) is 43.6 Å². The van der Waals surface area contributed by atoms with Crippen LogP contribution in [-0.2, 0) is 33.3 Å². The third kappa shape index (κ3) is 6.34. The van der Waals surface area contributed by atoms with Gasteiger partial charge in [0.2, 0.25) is 0 Å². The van der Waals surface area contributed by atoms with Crippen molar-refractivity contribution >= 4 is 11.9 Å². The zero-order chi connectivity index (χ0) is 24.8. The van der Waals surface area contributed by atoms with Crippen LogP contribution >= 0.6 is 0 Å². The van der Waals surface area contributed by atoms with Crippen LogP contribution in [0.2, 0.25) is 0 Å². The summed E-state index contributed by atoms with van der Waals surface area (Å²) in [5.74, 6) is -0.833. The number of hydrogen-bond donors (Lipinski definition) is 0. The van der Waals surface area contributed by atoms with Crippen molar-refractivity contribution in [3.8, 4) is 0 Å². The zero-order valence-electron chi connectivity index (χ0n) is 20.7. The van der Waals surface area contributed by atoms with E-state index in [2.05, 4.69) is 31.6 Å². The van der Waals surface area contributed by atoms with E-state index in [0.29, 0.717) is 13.0 Å². The minimum absolute atomic E-state index is 0.000769. The predicted molar refractivity (Wildman–Crippen MR) is 128 cm³/mol. The molecule has 0 amide bonds. The zero-order valence-corrected chi connectivity index (χ0v) is 20.7. The average molecular weight is 473 g/mol. The van der Waals surface area contributed by atoms with Crippen molar-refractivity contribution in [2.75, 3.05) is 20.8 Å². The van der Waals surface area contributed by atoms with Crippen LogP contribution in [0.15, 0.2) is 60.3 Å². The Labute approximate surface area is 202 Å². The highest BCUT2D eigenvalue weighted by molar-refractivity contribution is 5.82. The number of hydrogen-bond acceptors (Lipinski definition) is 7. The molecule has 3 aliphatic rings. The van der Waals surface area contributed by atoms with Gasteiger partial charge in [0.05, 0.1) is 25.7 Å². The molecular formula is C27H36O7. The van der Waals surface area contributed by atoms with Gasteiger partial charge < -0.3 is 23.7 Å². The Morgan fingerprint density at radius 3 is 2.18 bits per heavy atom. The fourth-order valence-electron chi connectivity index (χ4n) is 4.85. The van der Waals surface area contributed by atoms with Crippen LogP contribution in [-0.4, -0.2) is 62.3 Å². The summed E-state index contributed by atoms with van der Waals surface area (Å²) in [7, 11) is 2.99. The third-order valence-electron chi connectivity index (χ3n) is 6.73. The van der Waals surface area contributed by atoms with Crippen molar-refractivity contribution in [1.29, 1.82) is 0 Å². The average Bonchev–Trinajstić information content (AvgIpc) is 3.72. The summed E-state index contributed by atoms with van der Waals surface area (Å²) >= 11 is 0. The highest BCUT2D eigenvalue weighted by atomic mass is 16.6. The number of epoxide rings is 2. The molecule has 0 aromatic rings. The van der Waals surface area contributed by atoms with Crippen molar-refractivity contribution < 1.29 is 33.3 Å². The first-order chi connectivity index (χ1) is 16.3. The van der Waals surface area contributed by atoms with E-state index in [0.717, 1.165) is 12.8 Å². The Balaban J connectivity index is 1.57. The Hall–Kier alpha value is -2.48. The number of rotatable bonds is 10. The van der Waals surface area contributed by atoms with Crippen molar-refractivity contribution in [2.24, 2.45) is 5.92 Å². The van der Waals surface area contributed by atoms with E-state index < -0.39 is 11.9 Å². The first kappa shape index (κ1) is 26.1. The number of esters is 2. The van der Waals surface area contributed by atoms with Crippen LogP contribution in [0.5, 0.6) is 0 Å². The maximum Gasteiger partial charge on any atom is 0.331 e. The van der Waals surface area contributed by atoms with Crippen molar-refractivity contribution in [1.82, 2.24) is 0 Å². The molecule has 0 bridgehead atoms. The lowest BCUT2D eigenvalue weighted by atomic mass is 9.68. The first-order valence-electron chi connectivity index (χ1n) is 11.7. The lowest BCUT2D eigenvalue weighted by Gasteiger charge is -2.42. The second-order valence-electron chi connectivity index (χ2n) is 9.36. The van der Waals surface area contributed by atoms with Gasteiger partial charge in [0, 0.05) is 19.3 Å². The Morgan fingerprint density at radius 2 is 1.62 bits per heavy atom. The monoisotopic (exact) mass is 472 g/mol. The van der Waals surface area contributed by atoms with Crippen LogP contribution in [0, 0.1) is 5.92 Å². The minimum atomic E-state index is -0.416. The molecule has 1 saturated carbocycles. The molecule has 1 spiro atoms. The highest BCUT2D eigenvalue weighted by Gasteiger charge is 2.72. The van der Waals surface area contributed by atoms with E-state index in [1.165, 1.54) is 24.8 Å².